The number of aryl methyl sites for hydroxylation is 1. The van der Waals surface area contributed by atoms with Crippen molar-refractivity contribution in [2.24, 2.45) is 5.92 Å². The van der Waals surface area contributed by atoms with Gasteiger partial charge in [0, 0.05) is 38.9 Å². The average Bonchev–Trinajstić information content (AvgIpc) is 3.42. The number of alkyl halides is 1. The number of hydrogen-bond donors (Lipinski definition) is 1. The summed E-state index contributed by atoms with van der Waals surface area (Å²) in [6.07, 6.45) is 0.355. The SMILES string of the molecule is Cc1nnc(C(F)([C@@H]2Cc3[nH]c4ccc(Cl)cc4c3C2)S(=O)(=O)c2cccc(Br)c2)o1. The Hall–Kier alpha value is -2.23. The standard InChI is InChI=1S/C21H16BrClFN3O3S/c1-11-26-27-20(30-11)21(24,31(28,29)15-4-2-3-13(22)9-15)12-7-16-17-10-14(23)5-6-18(17)25-19(16)8-12/h2-6,9-10,12,25H,7-8H2,1H3/t12-,21?/m0/s1. The second-order valence-corrected chi connectivity index (χ2v) is 11.0. The lowest BCUT2D eigenvalue weighted by Crippen LogP contribution is -2.40. The molecule has 0 saturated heterocycles. The molecule has 2 atom stereocenters. The molecule has 10 heteroatoms. The van der Waals surface area contributed by atoms with Gasteiger partial charge in [0.25, 0.3) is 10.9 Å². The summed E-state index contributed by atoms with van der Waals surface area (Å²) in [5, 5.41) is 5.98. The number of fused-ring (bicyclic) bond motifs is 3. The number of rotatable bonds is 4. The molecule has 0 saturated carbocycles. The van der Waals surface area contributed by atoms with Crippen LogP contribution >= 0.6 is 27.5 Å². The molecule has 160 valence electrons. The fraction of sp³-hybridized carbons (Fsp3) is 0.238. The lowest BCUT2D eigenvalue weighted by atomic mass is 9.98. The first-order valence-electron chi connectivity index (χ1n) is 9.49. The summed E-state index contributed by atoms with van der Waals surface area (Å²) in [7, 11) is -4.54. The summed E-state index contributed by atoms with van der Waals surface area (Å²) in [5.41, 5.74) is 2.51. The Morgan fingerprint density at radius 3 is 2.74 bits per heavy atom. The zero-order valence-corrected chi connectivity index (χ0v) is 19.4. The summed E-state index contributed by atoms with van der Waals surface area (Å²) in [6.45, 7) is 1.50. The van der Waals surface area contributed by atoms with Gasteiger partial charge in [0.05, 0.1) is 4.90 Å². The smallest absolute Gasteiger partial charge is 0.294 e. The highest BCUT2D eigenvalue weighted by molar-refractivity contribution is 9.10. The minimum Gasteiger partial charge on any atom is -0.421 e. The van der Waals surface area contributed by atoms with E-state index in [4.69, 9.17) is 16.0 Å². The van der Waals surface area contributed by atoms with Gasteiger partial charge in [-0.25, -0.2) is 12.8 Å². The first kappa shape index (κ1) is 20.7. The third kappa shape index (κ3) is 3.13. The fourth-order valence-corrected chi connectivity index (χ4v) is 6.78. The normalized spacial score (nSPS) is 18.3. The van der Waals surface area contributed by atoms with Crippen molar-refractivity contribution < 1.29 is 17.2 Å². The zero-order valence-electron chi connectivity index (χ0n) is 16.2. The van der Waals surface area contributed by atoms with Gasteiger partial charge in [0.2, 0.25) is 15.7 Å². The van der Waals surface area contributed by atoms with Crippen LogP contribution in [0.25, 0.3) is 10.9 Å². The van der Waals surface area contributed by atoms with Crippen LogP contribution in [0.15, 0.2) is 56.2 Å². The van der Waals surface area contributed by atoms with Crippen LogP contribution < -0.4 is 0 Å². The molecule has 1 unspecified atom stereocenters. The lowest BCUT2D eigenvalue weighted by Gasteiger charge is -2.28. The van der Waals surface area contributed by atoms with Crippen molar-refractivity contribution in [3.63, 3.8) is 0 Å². The molecule has 0 spiro atoms. The molecule has 2 aromatic heterocycles. The van der Waals surface area contributed by atoms with E-state index in [0.717, 1.165) is 22.2 Å². The number of nitrogens with one attached hydrogen (secondary N) is 1. The van der Waals surface area contributed by atoms with Gasteiger partial charge >= 0.3 is 0 Å². The fourth-order valence-electron chi connectivity index (χ4n) is 4.26. The second-order valence-electron chi connectivity index (χ2n) is 7.61. The number of benzene rings is 2. The van der Waals surface area contributed by atoms with Crippen molar-refractivity contribution >= 4 is 48.3 Å². The molecule has 31 heavy (non-hydrogen) atoms. The highest BCUT2D eigenvalue weighted by Gasteiger charge is 2.59. The molecular weight excluding hydrogens is 509 g/mol. The molecule has 6 nitrogen and oxygen atoms in total. The van der Waals surface area contributed by atoms with E-state index in [2.05, 4.69) is 31.1 Å². The number of H-pyrrole nitrogens is 1. The van der Waals surface area contributed by atoms with E-state index in [9.17, 15) is 8.42 Å². The monoisotopic (exact) mass is 523 g/mol. The Kier molecular flexibility index (Phi) is 4.76. The Morgan fingerprint density at radius 1 is 1.23 bits per heavy atom. The number of halogens is 3. The van der Waals surface area contributed by atoms with E-state index in [1.165, 1.54) is 19.1 Å². The molecule has 2 aromatic carbocycles. The molecule has 2 heterocycles. The molecule has 4 aromatic rings. The number of aromatic amines is 1. The van der Waals surface area contributed by atoms with Crippen molar-refractivity contribution in [2.75, 3.05) is 0 Å². The summed E-state index contributed by atoms with van der Waals surface area (Å²) in [4.78, 5) is 3.10. The van der Waals surface area contributed by atoms with Gasteiger partial charge in [-0.3, -0.25) is 0 Å². The molecule has 0 amide bonds. The zero-order chi connectivity index (χ0) is 22.0. The predicted octanol–water partition coefficient (Wildman–Crippen LogP) is 5.29. The van der Waals surface area contributed by atoms with Gasteiger partial charge < -0.3 is 9.40 Å². The Bertz CT molecular complexity index is 1430. The van der Waals surface area contributed by atoms with Gasteiger partial charge in [-0.05, 0) is 54.8 Å². The van der Waals surface area contributed by atoms with Crippen molar-refractivity contribution in [1.29, 1.82) is 0 Å². The highest BCUT2D eigenvalue weighted by atomic mass is 79.9. The van der Waals surface area contributed by atoms with Crippen LogP contribution in [-0.2, 0) is 27.7 Å². The van der Waals surface area contributed by atoms with Gasteiger partial charge in [-0.1, -0.05) is 33.6 Å². The van der Waals surface area contributed by atoms with E-state index in [1.54, 1.807) is 24.3 Å². The third-order valence-electron chi connectivity index (χ3n) is 5.70. The van der Waals surface area contributed by atoms with Crippen LogP contribution in [0.5, 0.6) is 0 Å². The van der Waals surface area contributed by atoms with Crippen LogP contribution in [-0.4, -0.2) is 23.6 Å². The molecule has 1 aliphatic rings. The number of hydrogen-bond acceptors (Lipinski definition) is 5. The lowest BCUT2D eigenvalue weighted by molar-refractivity contribution is 0.137. The third-order valence-corrected chi connectivity index (χ3v) is 8.59. The van der Waals surface area contributed by atoms with Gasteiger partial charge in [0.15, 0.2) is 0 Å². The molecule has 1 aliphatic carbocycles. The maximum Gasteiger partial charge on any atom is 0.294 e. The Labute approximate surface area is 190 Å². The minimum absolute atomic E-state index is 0.0928. The van der Waals surface area contributed by atoms with Crippen molar-refractivity contribution in [3.8, 4) is 0 Å². The molecule has 0 radical (unpaired) electrons. The topological polar surface area (TPSA) is 88.9 Å². The minimum atomic E-state index is -4.54. The number of sulfone groups is 1. The van der Waals surface area contributed by atoms with Crippen molar-refractivity contribution in [3.05, 3.63) is 75.0 Å². The average molecular weight is 525 g/mol. The van der Waals surface area contributed by atoms with E-state index in [0.29, 0.717) is 9.50 Å². The molecule has 0 bridgehead atoms. The van der Waals surface area contributed by atoms with Crippen LogP contribution in [0.3, 0.4) is 0 Å². The summed E-state index contributed by atoms with van der Waals surface area (Å²) in [6, 6.07) is 11.4. The molecule has 1 N–H and O–H groups in total. The van der Waals surface area contributed by atoms with E-state index >= 15 is 4.39 Å². The Balaban J connectivity index is 1.66. The maximum atomic E-state index is 16.9. The first-order valence-corrected chi connectivity index (χ1v) is 12.1. The maximum absolute atomic E-state index is 16.9. The first-order chi connectivity index (χ1) is 14.7. The van der Waals surface area contributed by atoms with Gasteiger partial charge in [-0.15, -0.1) is 10.2 Å². The highest BCUT2D eigenvalue weighted by Crippen LogP contribution is 2.49. The molecule has 0 fully saturated rings. The summed E-state index contributed by atoms with van der Waals surface area (Å²) < 4.78 is 50.1. The van der Waals surface area contributed by atoms with Crippen LogP contribution in [0.4, 0.5) is 4.39 Å². The van der Waals surface area contributed by atoms with Crippen LogP contribution in [0, 0.1) is 12.8 Å². The number of aromatic nitrogens is 3. The van der Waals surface area contributed by atoms with Crippen molar-refractivity contribution in [2.45, 2.75) is 29.7 Å². The molecular formula is C21H16BrClFN3O3S. The Morgan fingerprint density at radius 2 is 2.03 bits per heavy atom. The predicted molar refractivity (Wildman–Crippen MR) is 117 cm³/mol. The van der Waals surface area contributed by atoms with Crippen LogP contribution in [0.2, 0.25) is 5.02 Å². The van der Waals surface area contributed by atoms with E-state index in [1.807, 2.05) is 6.07 Å². The summed E-state index contributed by atoms with van der Waals surface area (Å²) >= 11 is 9.41. The van der Waals surface area contributed by atoms with Gasteiger partial charge in [0.1, 0.15) is 0 Å². The number of nitrogens with zero attached hydrogens (tertiary/aromatic N) is 2. The van der Waals surface area contributed by atoms with Gasteiger partial charge in [-0.2, -0.15) is 0 Å². The van der Waals surface area contributed by atoms with Crippen LogP contribution in [0.1, 0.15) is 23.0 Å². The molecule has 5 rings (SSSR count). The second kappa shape index (κ2) is 7.15. The van der Waals surface area contributed by atoms with E-state index in [-0.39, 0.29) is 23.6 Å². The molecule has 0 aliphatic heterocycles. The summed E-state index contributed by atoms with van der Waals surface area (Å²) in [5.74, 6) is -1.42. The largest absolute Gasteiger partial charge is 0.421 e. The van der Waals surface area contributed by atoms with Crippen molar-refractivity contribution in [1.82, 2.24) is 15.2 Å². The van der Waals surface area contributed by atoms with E-state index < -0.39 is 26.6 Å². The quantitative estimate of drug-likeness (QED) is 0.392.